The number of hydrogen-bond donors (Lipinski definition) is 1. The standard InChI is InChI=1S/C21H19ClF3N5O2S/c1-2-30-19(32)14-4-3-12(9-16(14)27-20(30)33)18(31)29-7-5-28(6-8-29)17-15(22)10-13(11-26-17)21(23,24)25/h3-4,9-11H,2,5-8H2,1H3,(H,27,33). The molecular weight excluding hydrogens is 479 g/mol. The Kier molecular flexibility index (Phi) is 6.19. The molecule has 33 heavy (non-hydrogen) atoms. The maximum atomic E-state index is 13.0. The maximum Gasteiger partial charge on any atom is 0.417 e. The van der Waals surface area contributed by atoms with Crippen molar-refractivity contribution in [3.63, 3.8) is 0 Å². The minimum absolute atomic E-state index is 0.0906. The normalized spacial score (nSPS) is 14.7. The van der Waals surface area contributed by atoms with Crippen LogP contribution in [0.2, 0.25) is 5.02 Å². The number of nitrogens with one attached hydrogen (secondary N) is 1. The highest BCUT2D eigenvalue weighted by Crippen LogP contribution is 2.33. The second-order valence-corrected chi connectivity index (χ2v) is 8.34. The van der Waals surface area contributed by atoms with Gasteiger partial charge in [-0.2, -0.15) is 13.2 Å². The summed E-state index contributed by atoms with van der Waals surface area (Å²) in [5, 5.41) is 0.349. The maximum absolute atomic E-state index is 13.0. The summed E-state index contributed by atoms with van der Waals surface area (Å²) in [4.78, 5) is 35.8. The molecule has 0 bridgehead atoms. The third-order valence-corrected chi connectivity index (χ3v) is 6.16. The zero-order valence-electron chi connectivity index (χ0n) is 17.4. The van der Waals surface area contributed by atoms with Crippen molar-refractivity contribution in [2.45, 2.75) is 19.6 Å². The lowest BCUT2D eigenvalue weighted by molar-refractivity contribution is -0.137. The van der Waals surface area contributed by atoms with Crippen LogP contribution in [0.1, 0.15) is 22.8 Å². The molecule has 0 spiro atoms. The zero-order chi connectivity index (χ0) is 23.9. The highest BCUT2D eigenvalue weighted by atomic mass is 35.5. The van der Waals surface area contributed by atoms with E-state index in [2.05, 4.69) is 9.97 Å². The van der Waals surface area contributed by atoms with Crippen molar-refractivity contribution in [1.82, 2.24) is 19.4 Å². The van der Waals surface area contributed by atoms with Gasteiger partial charge in [-0.25, -0.2) is 4.98 Å². The van der Waals surface area contributed by atoms with Crippen molar-refractivity contribution >= 4 is 46.4 Å². The average molecular weight is 498 g/mol. The molecule has 1 N–H and O–H groups in total. The number of aromatic nitrogens is 3. The number of pyridine rings is 1. The number of anilines is 1. The molecule has 0 atom stereocenters. The van der Waals surface area contributed by atoms with Crippen molar-refractivity contribution in [2.75, 3.05) is 31.1 Å². The van der Waals surface area contributed by atoms with Crippen LogP contribution in [0.15, 0.2) is 35.3 Å². The summed E-state index contributed by atoms with van der Waals surface area (Å²) in [6, 6.07) is 5.66. The number of hydrogen-bond acceptors (Lipinski definition) is 5. The van der Waals surface area contributed by atoms with Gasteiger partial charge in [-0.3, -0.25) is 14.2 Å². The topological polar surface area (TPSA) is 74.2 Å². The van der Waals surface area contributed by atoms with Crippen LogP contribution in [-0.2, 0) is 12.7 Å². The smallest absolute Gasteiger partial charge is 0.352 e. The van der Waals surface area contributed by atoms with Gasteiger partial charge in [0.2, 0.25) is 0 Å². The van der Waals surface area contributed by atoms with Gasteiger partial charge < -0.3 is 14.8 Å². The number of halogens is 4. The number of fused-ring (bicyclic) bond motifs is 1. The lowest BCUT2D eigenvalue weighted by atomic mass is 10.1. The van der Waals surface area contributed by atoms with E-state index in [4.69, 9.17) is 23.8 Å². The molecule has 1 fully saturated rings. The average Bonchev–Trinajstić information content (AvgIpc) is 2.78. The number of carbonyl (C=O) groups excluding carboxylic acids is 1. The molecule has 0 unspecified atom stereocenters. The predicted molar refractivity (Wildman–Crippen MR) is 121 cm³/mol. The molecule has 7 nitrogen and oxygen atoms in total. The van der Waals surface area contributed by atoms with Gasteiger partial charge in [0.05, 0.1) is 21.5 Å². The first kappa shape index (κ1) is 23.2. The summed E-state index contributed by atoms with van der Waals surface area (Å²) in [6.45, 7) is 3.66. The minimum Gasteiger partial charge on any atom is -0.352 e. The van der Waals surface area contributed by atoms with E-state index in [1.165, 1.54) is 4.57 Å². The highest BCUT2D eigenvalue weighted by molar-refractivity contribution is 7.71. The molecule has 12 heteroatoms. The van der Waals surface area contributed by atoms with Gasteiger partial charge in [-0.15, -0.1) is 0 Å². The monoisotopic (exact) mass is 497 g/mol. The minimum atomic E-state index is -4.52. The van der Waals surface area contributed by atoms with E-state index in [1.54, 1.807) is 28.0 Å². The van der Waals surface area contributed by atoms with Crippen molar-refractivity contribution in [3.05, 3.63) is 61.7 Å². The van der Waals surface area contributed by atoms with Gasteiger partial charge in [0.15, 0.2) is 4.77 Å². The summed E-state index contributed by atoms with van der Waals surface area (Å²) in [7, 11) is 0. The van der Waals surface area contributed by atoms with Crippen LogP contribution in [0.5, 0.6) is 0 Å². The Bertz CT molecular complexity index is 1350. The first-order valence-corrected chi connectivity index (χ1v) is 10.9. The van der Waals surface area contributed by atoms with E-state index in [1.807, 2.05) is 6.92 Å². The van der Waals surface area contributed by atoms with E-state index in [-0.39, 0.29) is 27.1 Å². The molecular formula is C21H19ClF3N5O2S. The number of rotatable bonds is 3. The summed E-state index contributed by atoms with van der Waals surface area (Å²) < 4.78 is 40.2. The highest BCUT2D eigenvalue weighted by Gasteiger charge is 2.32. The molecule has 2 aromatic heterocycles. The number of amides is 1. The lowest BCUT2D eigenvalue weighted by Crippen LogP contribution is -2.49. The molecule has 0 aliphatic carbocycles. The van der Waals surface area contributed by atoms with E-state index >= 15 is 0 Å². The first-order chi connectivity index (χ1) is 15.6. The van der Waals surface area contributed by atoms with E-state index in [0.717, 1.165) is 12.3 Å². The molecule has 1 amide bonds. The number of aromatic amines is 1. The molecule has 0 radical (unpaired) electrons. The van der Waals surface area contributed by atoms with Crippen LogP contribution >= 0.6 is 23.8 Å². The van der Waals surface area contributed by atoms with Crippen LogP contribution in [0.4, 0.5) is 19.0 Å². The fourth-order valence-electron chi connectivity index (χ4n) is 3.80. The fraction of sp³-hybridized carbons (Fsp3) is 0.333. The van der Waals surface area contributed by atoms with E-state index in [0.29, 0.717) is 49.2 Å². The molecule has 1 aromatic carbocycles. The molecule has 3 heterocycles. The third kappa shape index (κ3) is 4.47. The molecule has 174 valence electrons. The van der Waals surface area contributed by atoms with Gasteiger partial charge in [-0.1, -0.05) is 11.6 Å². The summed E-state index contributed by atoms with van der Waals surface area (Å²) in [5.74, 6) is 0.0317. The molecule has 0 saturated carbocycles. The summed E-state index contributed by atoms with van der Waals surface area (Å²) in [5.41, 5.74) is -0.239. The summed E-state index contributed by atoms with van der Waals surface area (Å²) >= 11 is 11.3. The van der Waals surface area contributed by atoms with Gasteiger partial charge in [0.25, 0.3) is 11.5 Å². The zero-order valence-corrected chi connectivity index (χ0v) is 19.0. The number of nitrogens with zero attached hydrogens (tertiary/aromatic N) is 4. The largest absolute Gasteiger partial charge is 0.417 e. The Hall–Kier alpha value is -2.92. The van der Waals surface area contributed by atoms with Crippen LogP contribution in [0, 0.1) is 4.77 Å². The SMILES string of the molecule is CCn1c(=S)[nH]c2cc(C(=O)N3CCN(c4ncc(C(F)(F)F)cc4Cl)CC3)ccc2c1=O. The first-order valence-electron chi connectivity index (χ1n) is 10.1. The summed E-state index contributed by atoms with van der Waals surface area (Å²) in [6.07, 6.45) is -3.77. The van der Waals surface area contributed by atoms with Crippen molar-refractivity contribution in [2.24, 2.45) is 0 Å². The van der Waals surface area contributed by atoms with Gasteiger partial charge in [0, 0.05) is 44.5 Å². The number of alkyl halides is 3. The third-order valence-electron chi connectivity index (χ3n) is 5.56. The number of piperazine rings is 1. The van der Waals surface area contributed by atoms with E-state index < -0.39 is 11.7 Å². The number of benzene rings is 1. The Morgan fingerprint density at radius 3 is 2.52 bits per heavy atom. The Morgan fingerprint density at radius 2 is 1.91 bits per heavy atom. The Morgan fingerprint density at radius 1 is 1.21 bits per heavy atom. The lowest BCUT2D eigenvalue weighted by Gasteiger charge is -2.35. The Labute approximate surface area is 196 Å². The van der Waals surface area contributed by atoms with Gasteiger partial charge >= 0.3 is 6.18 Å². The van der Waals surface area contributed by atoms with Gasteiger partial charge in [0.1, 0.15) is 5.82 Å². The van der Waals surface area contributed by atoms with Gasteiger partial charge in [-0.05, 0) is 43.4 Å². The molecule has 1 aliphatic heterocycles. The molecule has 1 saturated heterocycles. The van der Waals surface area contributed by atoms with Crippen LogP contribution in [0.25, 0.3) is 10.9 Å². The second kappa shape index (κ2) is 8.79. The van der Waals surface area contributed by atoms with E-state index in [9.17, 15) is 22.8 Å². The van der Waals surface area contributed by atoms with Crippen LogP contribution < -0.4 is 10.5 Å². The van der Waals surface area contributed by atoms with Crippen molar-refractivity contribution < 1.29 is 18.0 Å². The molecule has 1 aliphatic rings. The quantitative estimate of drug-likeness (QED) is 0.551. The fourth-order valence-corrected chi connectivity index (χ4v) is 4.40. The van der Waals surface area contributed by atoms with Crippen molar-refractivity contribution in [3.8, 4) is 0 Å². The molecule has 3 aromatic rings. The van der Waals surface area contributed by atoms with Crippen LogP contribution in [0.3, 0.4) is 0 Å². The molecule has 4 rings (SSSR count). The number of carbonyl (C=O) groups is 1. The predicted octanol–water partition coefficient (Wildman–Crippen LogP) is 4.11. The van der Waals surface area contributed by atoms with Crippen LogP contribution in [-0.4, -0.2) is 51.5 Å². The Balaban J connectivity index is 1.50. The second-order valence-electron chi connectivity index (χ2n) is 7.55. The number of H-pyrrole nitrogens is 1. The van der Waals surface area contributed by atoms with Crippen molar-refractivity contribution in [1.29, 1.82) is 0 Å².